The van der Waals surface area contributed by atoms with Crippen molar-refractivity contribution in [1.82, 2.24) is 10.6 Å². The number of carbonyl (C=O) groups is 3. The fourth-order valence-corrected chi connectivity index (χ4v) is 2.94. The van der Waals surface area contributed by atoms with E-state index in [0.717, 1.165) is 5.56 Å². The molecule has 2 aromatic carbocycles. The zero-order valence-electron chi connectivity index (χ0n) is 18.9. The molecule has 0 unspecified atom stereocenters. The molecule has 0 aliphatic rings. The Kier molecular flexibility index (Phi) is 8.88. The van der Waals surface area contributed by atoms with Gasteiger partial charge >= 0.3 is 0 Å². The second kappa shape index (κ2) is 11.6. The first-order chi connectivity index (χ1) is 15.3. The summed E-state index contributed by atoms with van der Waals surface area (Å²) < 4.78 is 15.7. The predicted octanol–water partition coefficient (Wildman–Crippen LogP) is 2.15. The highest BCUT2D eigenvalue weighted by Crippen LogP contribution is 2.38. The van der Waals surface area contributed by atoms with Crippen LogP contribution >= 0.6 is 0 Å². The molecule has 3 N–H and O–H groups in total. The molecule has 9 heteroatoms. The number of hydrogen-bond donors (Lipinski definition) is 3. The lowest BCUT2D eigenvalue weighted by Gasteiger charge is -2.14. The third kappa shape index (κ3) is 6.90. The highest BCUT2D eigenvalue weighted by Gasteiger charge is 2.17. The van der Waals surface area contributed by atoms with E-state index in [2.05, 4.69) is 16.0 Å². The van der Waals surface area contributed by atoms with Crippen LogP contribution in [0.1, 0.15) is 29.8 Å². The van der Waals surface area contributed by atoms with Crippen molar-refractivity contribution in [2.45, 2.75) is 26.3 Å². The molecule has 0 spiro atoms. The van der Waals surface area contributed by atoms with Crippen LogP contribution in [0, 0.1) is 0 Å². The van der Waals surface area contributed by atoms with Gasteiger partial charge in [-0.25, -0.2) is 0 Å². The van der Waals surface area contributed by atoms with Crippen LogP contribution in [0.3, 0.4) is 0 Å². The molecule has 3 amide bonds. The minimum atomic E-state index is -0.467. The molecule has 2 aromatic rings. The maximum absolute atomic E-state index is 12.5. The van der Waals surface area contributed by atoms with Gasteiger partial charge in [-0.05, 0) is 43.7 Å². The van der Waals surface area contributed by atoms with Gasteiger partial charge in [-0.15, -0.1) is 0 Å². The van der Waals surface area contributed by atoms with E-state index >= 15 is 0 Å². The summed E-state index contributed by atoms with van der Waals surface area (Å²) in [6.07, 6.45) is 0.261. The maximum Gasteiger partial charge on any atom is 0.251 e. The van der Waals surface area contributed by atoms with Gasteiger partial charge in [-0.1, -0.05) is 12.1 Å². The van der Waals surface area contributed by atoms with Crippen LogP contribution in [0.15, 0.2) is 36.4 Å². The molecule has 0 heterocycles. The molecule has 32 heavy (non-hydrogen) atoms. The van der Waals surface area contributed by atoms with Crippen molar-refractivity contribution in [3.8, 4) is 17.2 Å². The summed E-state index contributed by atoms with van der Waals surface area (Å²) in [6, 6.07) is 10.0. The number of ether oxygens (including phenoxy) is 3. The van der Waals surface area contributed by atoms with Gasteiger partial charge in [0.1, 0.15) is 0 Å². The topological polar surface area (TPSA) is 115 Å². The van der Waals surface area contributed by atoms with Gasteiger partial charge in [0.15, 0.2) is 11.5 Å². The molecule has 172 valence electrons. The summed E-state index contributed by atoms with van der Waals surface area (Å²) in [6.45, 7) is 3.57. The molecule has 0 saturated carbocycles. The number of methoxy groups -OCH3 is 3. The van der Waals surface area contributed by atoms with Crippen LogP contribution in [0.2, 0.25) is 0 Å². The van der Waals surface area contributed by atoms with Gasteiger partial charge in [0.2, 0.25) is 17.6 Å². The lowest BCUT2D eigenvalue weighted by Crippen LogP contribution is -2.33. The van der Waals surface area contributed by atoms with Crippen LogP contribution in [0.4, 0.5) is 5.69 Å². The van der Waals surface area contributed by atoms with Gasteiger partial charge in [-0.2, -0.15) is 0 Å². The number of rotatable bonds is 10. The Morgan fingerprint density at radius 3 is 1.97 bits per heavy atom. The van der Waals surface area contributed by atoms with Crippen LogP contribution in [0.5, 0.6) is 17.2 Å². The molecular formula is C23H29N3O6. The molecule has 0 fully saturated rings. The van der Waals surface area contributed by atoms with Crippen LogP contribution < -0.4 is 30.2 Å². The molecule has 0 saturated heterocycles. The Hall–Kier alpha value is -3.75. The largest absolute Gasteiger partial charge is 0.493 e. The maximum atomic E-state index is 12.5. The molecule has 0 aliphatic heterocycles. The molecule has 0 aliphatic carbocycles. The fraction of sp³-hybridized carbons (Fsp3) is 0.348. The second-order valence-corrected chi connectivity index (χ2v) is 7.24. The summed E-state index contributed by atoms with van der Waals surface area (Å²) in [7, 11) is 4.38. The minimum Gasteiger partial charge on any atom is -0.493 e. The summed E-state index contributed by atoms with van der Waals surface area (Å²) in [5.41, 5.74) is 1.65. The van der Waals surface area contributed by atoms with Crippen LogP contribution in [-0.4, -0.2) is 51.6 Å². The Morgan fingerprint density at radius 1 is 0.875 bits per heavy atom. The number of benzene rings is 2. The zero-order chi connectivity index (χ0) is 23.7. The Balaban J connectivity index is 1.93. The molecule has 0 bridgehead atoms. The third-order valence-corrected chi connectivity index (χ3v) is 4.39. The first-order valence-corrected chi connectivity index (χ1v) is 10.0. The standard InChI is InChI=1S/C23H29N3O6/c1-14(2)25-20(27)10-15-6-8-17(9-7-15)26-21(28)13-24-23(29)16-11-18(30-3)22(32-5)19(12-16)31-4/h6-9,11-12,14H,10,13H2,1-5H3,(H,24,29)(H,25,27)(H,26,28). The number of anilines is 1. The van der Waals surface area contributed by atoms with E-state index in [1.54, 1.807) is 24.3 Å². The Labute approximate surface area is 187 Å². The van der Waals surface area contributed by atoms with E-state index in [1.165, 1.54) is 33.5 Å². The van der Waals surface area contributed by atoms with Crippen molar-refractivity contribution in [2.24, 2.45) is 0 Å². The fourth-order valence-electron chi connectivity index (χ4n) is 2.94. The van der Waals surface area contributed by atoms with Crippen molar-refractivity contribution < 1.29 is 28.6 Å². The van der Waals surface area contributed by atoms with Gasteiger partial charge in [0, 0.05) is 17.3 Å². The number of hydrogen-bond acceptors (Lipinski definition) is 6. The molecule has 9 nitrogen and oxygen atoms in total. The summed E-state index contributed by atoms with van der Waals surface area (Å²) in [5.74, 6) is 0.120. The average molecular weight is 444 g/mol. The normalized spacial score (nSPS) is 10.3. The van der Waals surface area contributed by atoms with Crippen molar-refractivity contribution >= 4 is 23.4 Å². The molecule has 0 aromatic heterocycles. The Bertz CT molecular complexity index is 932. The SMILES string of the molecule is COc1cc(C(=O)NCC(=O)Nc2ccc(CC(=O)NC(C)C)cc2)cc(OC)c1OC. The quantitative estimate of drug-likeness (QED) is 0.518. The van der Waals surface area contributed by atoms with Gasteiger partial charge in [0.25, 0.3) is 5.91 Å². The first kappa shape index (κ1) is 24.5. The summed E-state index contributed by atoms with van der Waals surface area (Å²) >= 11 is 0. The third-order valence-electron chi connectivity index (χ3n) is 4.39. The van der Waals surface area contributed by atoms with Crippen molar-refractivity contribution in [1.29, 1.82) is 0 Å². The van der Waals surface area contributed by atoms with Gasteiger partial charge in [-0.3, -0.25) is 14.4 Å². The molecule has 0 radical (unpaired) electrons. The lowest BCUT2D eigenvalue weighted by molar-refractivity contribution is -0.121. The van der Waals surface area contributed by atoms with E-state index in [1.807, 2.05) is 13.8 Å². The summed E-state index contributed by atoms with van der Waals surface area (Å²) in [4.78, 5) is 36.5. The number of nitrogens with one attached hydrogen (secondary N) is 3. The van der Waals surface area contributed by atoms with Crippen molar-refractivity contribution in [3.63, 3.8) is 0 Å². The van der Waals surface area contributed by atoms with Crippen molar-refractivity contribution in [2.75, 3.05) is 33.2 Å². The molecule has 0 atom stereocenters. The zero-order valence-corrected chi connectivity index (χ0v) is 18.9. The predicted molar refractivity (Wildman–Crippen MR) is 120 cm³/mol. The van der Waals surface area contributed by atoms with Crippen LogP contribution in [-0.2, 0) is 16.0 Å². The minimum absolute atomic E-state index is 0.0636. The molecule has 2 rings (SSSR count). The Morgan fingerprint density at radius 2 is 1.47 bits per heavy atom. The summed E-state index contributed by atoms with van der Waals surface area (Å²) in [5, 5.41) is 8.09. The van der Waals surface area contributed by atoms with Gasteiger partial charge < -0.3 is 30.2 Å². The highest BCUT2D eigenvalue weighted by atomic mass is 16.5. The average Bonchev–Trinajstić information content (AvgIpc) is 2.77. The van der Waals surface area contributed by atoms with E-state index in [0.29, 0.717) is 22.9 Å². The molecular weight excluding hydrogens is 414 g/mol. The number of carbonyl (C=O) groups excluding carboxylic acids is 3. The van der Waals surface area contributed by atoms with E-state index in [9.17, 15) is 14.4 Å². The highest BCUT2D eigenvalue weighted by molar-refractivity contribution is 6.00. The lowest BCUT2D eigenvalue weighted by atomic mass is 10.1. The number of amides is 3. The van der Waals surface area contributed by atoms with E-state index in [-0.39, 0.29) is 30.5 Å². The van der Waals surface area contributed by atoms with Gasteiger partial charge in [0.05, 0.1) is 34.3 Å². The van der Waals surface area contributed by atoms with E-state index < -0.39 is 11.8 Å². The smallest absolute Gasteiger partial charge is 0.251 e. The van der Waals surface area contributed by atoms with Crippen molar-refractivity contribution in [3.05, 3.63) is 47.5 Å². The second-order valence-electron chi connectivity index (χ2n) is 7.24. The monoisotopic (exact) mass is 443 g/mol. The van der Waals surface area contributed by atoms with E-state index in [4.69, 9.17) is 14.2 Å². The van der Waals surface area contributed by atoms with Crippen LogP contribution in [0.25, 0.3) is 0 Å². The first-order valence-electron chi connectivity index (χ1n) is 10.0.